The van der Waals surface area contributed by atoms with E-state index in [1.165, 1.54) is 6.07 Å². The van der Waals surface area contributed by atoms with Gasteiger partial charge in [-0.2, -0.15) is 0 Å². The van der Waals surface area contributed by atoms with E-state index >= 15 is 0 Å². The molecule has 0 amide bonds. The monoisotopic (exact) mass is 312 g/mol. The Balaban J connectivity index is 2.27. The molecule has 3 aromatic rings. The van der Waals surface area contributed by atoms with Gasteiger partial charge in [0.2, 0.25) is 0 Å². The summed E-state index contributed by atoms with van der Waals surface area (Å²) in [7, 11) is 0. The zero-order valence-electron chi connectivity index (χ0n) is 10.2. The fourth-order valence-electron chi connectivity index (χ4n) is 1.88. The molecule has 7 heteroatoms. The molecule has 0 spiro atoms. The van der Waals surface area contributed by atoms with Crippen LogP contribution in [0.15, 0.2) is 30.3 Å². The molecule has 0 aliphatic carbocycles. The maximum atomic E-state index is 13.7. The Kier molecular flexibility index (Phi) is 3.25. The number of aromatic nitrogens is 2. The summed E-state index contributed by atoms with van der Waals surface area (Å²) in [4.78, 5) is 7.79. The van der Waals surface area contributed by atoms with E-state index in [1.807, 2.05) is 0 Å². The number of benzene rings is 2. The van der Waals surface area contributed by atoms with Gasteiger partial charge in [-0.1, -0.05) is 11.6 Å². The molecule has 0 aliphatic heterocycles. The minimum Gasteiger partial charge on any atom is -0.228 e. The lowest BCUT2D eigenvalue weighted by atomic mass is 10.1. The fourth-order valence-corrected chi connectivity index (χ4v) is 2.11. The predicted octanol–water partition coefficient (Wildman–Crippen LogP) is 4.51. The lowest BCUT2D eigenvalue weighted by Gasteiger charge is -2.06. The van der Waals surface area contributed by atoms with Gasteiger partial charge in [-0.3, -0.25) is 0 Å². The average molecular weight is 313 g/mol. The molecule has 0 N–H and O–H groups in total. The Morgan fingerprint density at radius 3 is 2.38 bits per heavy atom. The minimum atomic E-state index is -1.62. The van der Waals surface area contributed by atoms with Crippen molar-refractivity contribution in [3.8, 4) is 11.4 Å². The highest BCUT2D eigenvalue weighted by molar-refractivity contribution is 6.34. The first-order valence-electron chi connectivity index (χ1n) is 5.74. The topological polar surface area (TPSA) is 25.8 Å². The molecule has 3 rings (SSSR count). The van der Waals surface area contributed by atoms with Crippen LogP contribution in [0.25, 0.3) is 22.3 Å². The Morgan fingerprint density at radius 2 is 1.62 bits per heavy atom. The Morgan fingerprint density at radius 1 is 0.857 bits per heavy atom. The van der Waals surface area contributed by atoms with E-state index in [1.54, 1.807) is 0 Å². The molecular weight excluding hydrogens is 308 g/mol. The van der Waals surface area contributed by atoms with Crippen molar-refractivity contribution in [1.29, 1.82) is 0 Å². The summed E-state index contributed by atoms with van der Waals surface area (Å²) >= 11 is 5.90. The number of nitrogens with zero attached hydrogens (tertiary/aromatic N) is 2. The van der Waals surface area contributed by atoms with Crippen LogP contribution in [0.5, 0.6) is 0 Å². The first-order valence-corrected chi connectivity index (χ1v) is 6.12. The van der Waals surface area contributed by atoms with Gasteiger partial charge >= 0.3 is 0 Å². The Hall–Kier alpha value is -2.21. The van der Waals surface area contributed by atoms with Gasteiger partial charge in [0.1, 0.15) is 11.0 Å². The lowest BCUT2D eigenvalue weighted by molar-refractivity contribution is 0.448. The van der Waals surface area contributed by atoms with E-state index < -0.39 is 23.3 Å². The van der Waals surface area contributed by atoms with Gasteiger partial charge in [0.15, 0.2) is 23.3 Å². The second-order valence-electron chi connectivity index (χ2n) is 4.22. The van der Waals surface area contributed by atoms with Crippen molar-refractivity contribution < 1.29 is 17.6 Å². The van der Waals surface area contributed by atoms with Gasteiger partial charge in [-0.15, -0.1) is 0 Å². The first kappa shape index (κ1) is 13.8. The lowest BCUT2D eigenvalue weighted by Crippen LogP contribution is -1.98. The quantitative estimate of drug-likeness (QED) is 0.375. The number of halogens is 5. The van der Waals surface area contributed by atoms with Crippen LogP contribution in [-0.4, -0.2) is 9.97 Å². The molecule has 0 bridgehead atoms. The van der Waals surface area contributed by atoms with Crippen LogP contribution < -0.4 is 0 Å². The number of hydrogen-bond donors (Lipinski definition) is 0. The summed E-state index contributed by atoms with van der Waals surface area (Å²) < 4.78 is 53.1. The van der Waals surface area contributed by atoms with Crippen molar-refractivity contribution in [2.75, 3.05) is 0 Å². The second kappa shape index (κ2) is 4.96. The Bertz CT molecular complexity index is 867. The molecule has 106 valence electrons. The maximum Gasteiger partial charge on any atom is 0.195 e. The largest absolute Gasteiger partial charge is 0.228 e. The van der Waals surface area contributed by atoms with Crippen LogP contribution in [0, 0.1) is 23.3 Å². The second-order valence-corrected chi connectivity index (χ2v) is 4.58. The predicted molar refractivity (Wildman–Crippen MR) is 69.8 cm³/mol. The molecule has 0 saturated heterocycles. The molecule has 1 heterocycles. The summed E-state index contributed by atoms with van der Waals surface area (Å²) in [5.41, 5.74) is -0.0717. The van der Waals surface area contributed by atoms with Gasteiger partial charge in [-0.05, 0) is 30.3 Å². The number of rotatable bonds is 1. The molecular formula is C14H5ClF4N2. The van der Waals surface area contributed by atoms with E-state index in [4.69, 9.17) is 11.6 Å². The summed E-state index contributed by atoms with van der Waals surface area (Å²) in [6.45, 7) is 0. The van der Waals surface area contributed by atoms with Crippen LogP contribution in [0.1, 0.15) is 0 Å². The number of hydrogen-bond acceptors (Lipinski definition) is 2. The highest BCUT2D eigenvalue weighted by Gasteiger charge is 2.18. The van der Waals surface area contributed by atoms with E-state index in [0.717, 1.165) is 24.3 Å². The highest BCUT2D eigenvalue weighted by atomic mass is 35.5. The third-order valence-corrected chi connectivity index (χ3v) is 3.18. The smallest absolute Gasteiger partial charge is 0.195 e. The molecule has 0 saturated carbocycles. The molecule has 0 atom stereocenters. The van der Waals surface area contributed by atoms with Crippen molar-refractivity contribution in [1.82, 2.24) is 9.97 Å². The molecule has 21 heavy (non-hydrogen) atoms. The normalized spacial score (nSPS) is 11.1. The van der Waals surface area contributed by atoms with Crippen LogP contribution >= 0.6 is 11.6 Å². The van der Waals surface area contributed by atoms with Crippen LogP contribution in [0.3, 0.4) is 0 Å². The van der Waals surface area contributed by atoms with E-state index in [9.17, 15) is 17.6 Å². The van der Waals surface area contributed by atoms with E-state index in [-0.39, 0.29) is 27.4 Å². The van der Waals surface area contributed by atoms with Crippen molar-refractivity contribution in [2.24, 2.45) is 0 Å². The third-order valence-electron chi connectivity index (χ3n) is 2.89. The van der Waals surface area contributed by atoms with Gasteiger partial charge in [0.05, 0.1) is 11.1 Å². The molecule has 0 fully saturated rings. The molecule has 2 nitrogen and oxygen atoms in total. The summed E-state index contributed by atoms with van der Waals surface area (Å²) in [5, 5.41) is 0.127. The molecule has 0 aliphatic rings. The zero-order valence-corrected chi connectivity index (χ0v) is 10.9. The van der Waals surface area contributed by atoms with Crippen molar-refractivity contribution in [3.05, 3.63) is 58.8 Å². The Labute approximate surface area is 121 Å². The molecule has 1 aromatic heterocycles. The van der Waals surface area contributed by atoms with Gasteiger partial charge < -0.3 is 0 Å². The first-order chi connectivity index (χ1) is 9.97. The van der Waals surface area contributed by atoms with Crippen molar-refractivity contribution in [3.63, 3.8) is 0 Å². The van der Waals surface area contributed by atoms with Crippen LogP contribution in [-0.2, 0) is 0 Å². The van der Waals surface area contributed by atoms with Gasteiger partial charge in [-0.25, -0.2) is 27.5 Å². The maximum absolute atomic E-state index is 13.7. The van der Waals surface area contributed by atoms with E-state index in [0.29, 0.717) is 0 Å². The van der Waals surface area contributed by atoms with Crippen molar-refractivity contribution >= 4 is 22.5 Å². The fraction of sp³-hybridized carbons (Fsp3) is 0. The molecule has 0 radical (unpaired) electrons. The van der Waals surface area contributed by atoms with Crippen LogP contribution in [0.2, 0.25) is 5.15 Å². The van der Waals surface area contributed by atoms with Crippen LogP contribution in [0.4, 0.5) is 17.6 Å². The highest BCUT2D eigenvalue weighted by Crippen LogP contribution is 2.28. The zero-order chi connectivity index (χ0) is 15.1. The minimum absolute atomic E-state index is 0.112. The van der Waals surface area contributed by atoms with Crippen molar-refractivity contribution in [2.45, 2.75) is 0 Å². The summed E-state index contributed by atoms with van der Waals surface area (Å²) in [6.07, 6.45) is 0. The third kappa shape index (κ3) is 2.31. The van der Waals surface area contributed by atoms with E-state index in [2.05, 4.69) is 9.97 Å². The number of fused-ring (bicyclic) bond motifs is 1. The molecule has 2 aromatic carbocycles. The summed E-state index contributed by atoms with van der Waals surface area (Å²) in [5.74, 6) is -5.08. The van der Waals surface area contributed by atoms with Gasteiger partial charge in [0.25, 0.3) is 0 Å². The summed E-state index contributed by atoms with van der Waals surface area (Å²) in [6, 6.07) is 5.38. The SMILES string of the molecule is Fc1ccc2nc(-c3ccc(F)c(F)c3F)nc(Cl)c2c1. The average Bonchev–Trinajstić information content (AvgIpc) is 2.45. The standard InChI is InChI=1S/C14H5ClF4N2/c15-13-8-5-6(16)1-4-10(8)20-14(21-13)7-2-3-9(17)12(19)11(7)18/h1-5H. The van der Waals surface area contributed by atoms with Gasteiger partial charge in [0, 0.05) is 5.39 Å². The molecule has 0 unspecified atom stereocenters.